The first-order chi connectivity index (χ1) is 12.4. The van der Waals surface area contributed by atoms with Crippen LogP contribution in [0.15, 0.2) is 42.5 Å². The van der Waals surface area contributed by atoms with Crippen LogP contribution in [0.5, 0.6) is 0 Å². The van der Waals surface area contributed by atoms with Gasteiger partial charge in [-0.1, -0.05) is 41.4 Å². The van der Waals surface area contributed by atoms with Crippen molar-refractivity contribution >= 4 is 62.2 Å². The Morgan fingerprint density at radius 1 is 1.19 bits per heavy atom. The largest absolute Gasteiger partial charge is 0.448 e. The van der Waals surface area contributed by atoms with Crippen LogP contribution in [0.2, 0.25) is 10.0 Å². The fraction of sp³-hybridized carbons (Fsp3) is 0.111. The summed E-state index contributed by atoms with van der Waals surface area (Å²) >= 11 is 13.3. The first kappa shape index (κ1) is 18.6. The molecule has 1 atom stereocenters. The molecule has 0 aliphatic heterocycles. The van der Waals surface area contributed by atoms with Crippen molar-refractivity contribution in [3.63, 3.8) is 0 Å². The van der Waals surface area contributed by atoms with Crippen molar-refractivity contribution in [1.29, 1.82) is 0 Å². The first-order valence-electron chi connectivity index (χ1n) is 7.50. The molecule has 0 aliphatic carbocycles. The van der Waals surface area contributed by atoms with Crippen molar-refractivity contribution < 1.29 is 18.7 Å². The Bertz CT molecular complexity index is 1010. The predicted molar refractivity (Wildman–Crippen MR) is 102 cm³/mol. The van der Waals surface area contributed by atoms with E-state index in [1.54, 1.807) is 6.07 Å². The van der Waals surface area contributed by atoms with Gasteiger partial charge >= 0.3 is 5.97 Å². The summed E-state index contributed by atoms with van der Waals surface area (Å²) in [5.74, 6) is -1.81. The molecule has 0 saturated heterocycles. The summed E-state index contributed by atoms with van der Waals surface area (Å²) in [6.45, 7) is 1.42. The van der Waals surface area contributed by atoms with Crippen LogP contribution in [-0.4, -0.2) is 18.0 Å². The Kier molecular flexibility index (Phi) is 5.46. The van der Waals surface area contributed by atoms with E-state index in [-0.39, 0.29) is 15.6 Å². The molecule has 0 radical (unpaired) electrons. The van der Waals surface area contributed by atoms with Gasteiger partial charge in [0.1, 0.15) is 10.7 Å². The second-order valence-electron chi connectivity index (χ2n) is 5.40. The van der Waals surface area contributed by atoms with Crippen molar-refractivity contribution in [3.8, 4) is 0 Å². The smallest absolute Gasteiger partial charge is 0.350 e. The van der Waals surface area contributed by atoms with Gasteiger partial charge in [-0.05, 0) is 31.2 Å². The predicted octanol–water partition coefficient (Wildman–Crippen LogP) is 5.53. The number of benzene rings is 2. The van der Waals surface area contributed by atoms with Crippen LogP contribution in [-0.2, 0) is 9.53 Å². The van der Waals surface area contributed by atoms with E-state index in [1.165, 1.54) is 24.3 Å². The lowest BCUT2D eigenvalue weighted by Crippen LogP contribution is -2.30. The number of carbonyl (C=O) groups is 2. The van der Waals surface area contributed by atoms with Crippen LogP contribution in [0, 0.1) is 5.82 Å². The fourth-order valence-corrected chi connectivity index (χ4v) is 3.84. The zero-order chi connectivity index (χ0) is 18.8. The quantitative estimate of drug-likeness (QED) is 0.574. The van der Waals surface area contributed by atoms with Crippen molar-refractivity contribution in [3.05, 3.63) is 63.2 Å². The van der Waals surface area contributed by atoms with Gasteiger partial charge in [-0.15, -0.1) is 11.3 Å². The van der Waals surface area contributed by atoms with Gasteiger partial charge < -0.3 is 10.1 Å². The van der Waals surface area contributed by atoms with Crippen molar-refractivity contribution in [2.75, 3.05) is 5.32 Å². The van der Waals surface area contributed by atoms with E-state index < -0.39 is 23.8 Å². The molecular weight excluding hydrogens is 400 g/mol. The van der Waals surface area contributed by atoms with Gasteiger partial charge in [0, 0.05) is 10.1 Å². The second kappa shape index (κ2) is 7.61. The number of nitrogens with one attached hydrogen (secondary N) is 1. The Balaban J connectivity index is 1.71. The number of amides is 1. The lowest BCUT2D eigenvalue weighted by Gasteiger charge is -2.14. The van der Waals surface area contributed by atoms with E-state index in [2.05, 4.69) is 5.32 Å². The van der Waals surface area contributed by atoms with Crippen LogP contribution >= 0.6 is 34.5 Å². The lowest BCUT2D eigenvalue weighted by atomic mass is 10.2. The van der Waals surface area contributed by atoms with Crippen molar-refractivity contribution in [2.24, 2.45) is 0 Å². The average Bonchev–Trinajstić information content (AvgIpc) is 2.94. The molecule has 0 bridgehead atoms. The lowest BCUT2D eigenvalue weighted by molar-refractivity contribution is -0.123. The van der Waals surface area contributed by atoms with Crippen LogP contribution < -0.4 is 5.32 Å². The first-order valence-corrected chi connectivity index (χ1v) is 9.08. The SMILES string of the molecule is CC(OC(=O)c1sc2ccccc2c1Cl)C(=O)Nc1ccc(F)cc1Cl. The number of hydrogen-bond donors (Lipinski definition) is 1. The average molecular weight is 412 g/mol. The van der Waals surface area contributed by atoms with E-state index >= 15 is 0 Å². The van der Waals surface area contributed by atoms with Gasteiger partial charge in [0.25, 0.3) is 5.91 Å². The van der Waals surface area contributed by atoms with Gasteiger partial charge in [0.2, 0.25) is 0 Å². The molecule has 1 aromatic heterocycles. The highest BCUT2D eigenvalue weighted by Gasteiger charge is 2.24. The Morgan fingerprint density at radius 2 is 1.92 bits per heavy atom. The highest BCUT2D eigenvalue weighted by atomic mass is 35.5. The number of ether oxygens (including phenoxy) is 1. The number of anilines is 1. The molecule has 1 heterocycles. The van der Waals surface area contributed by atoms with Crippen molar-refractivity contribution in [1.82, 2.24) is 0 Å². The molecule has 1 unspecified atom stereocenters. The minimum Gasteiger partial charge on any atom is -0.448 e. The van der Waals surface area contributed by atoms with Gasteiger partial charge in [0.15, 0.2) is 6.10 Å². The normalized spacial score (nSPS) is 12.0. The third-order valence-electron chi connectivity index (χ3n) is 3.56. The highest BCUT2D eigenvalue weighted by molar-refractivity contribution is 7.21. The summed E-state index contributed by atoms with van der Waals surface area (Å²) in [6.07, 6.45) is -1.09. The maximum Gasteiger partial charge on any atom is 0.350 e. The second-order valence-corrected chi connectivity index (χ2v) is 7.24. The molecule has 0 spiro atoms. The number of thiophene rings is 1. The number of hydrogen-bond acceptors (Lipinski definition) is 4. The van der Waals surface area contributed by atoms with E-state index in [0.717, 1.165) is 22.2 Å². The molecule has 0 aliphatic rings. The summed E-state index contributed by atoms with van der Waals surface area (Å²) in [6, 6.07) is 10.9. The molecule has 8 heteroatoms. The number of rotatable bonds is 4. The molecule has 3 aromatic rings. The van der Waals surface area contributed by atoms with E-state index in [1.807, 2.05) is 18.2 Å². The molecular formula is C18H12Cl2FNO3S. The summed E-state index contributed by atoms with van der Waals surface area (Å²) < 4.78 is 19.1. The molecule has 4 nitrogen and oxygen atoms in total. The highest BCUT2D eigenvalue weighted by Crippen LogP contribution is 2.35. The Hall–Kier alpha value is -2.15. The standard InChI is InChI=1S/C18H12Cl2FNO3S/c1-9(17(23)22-13-7-6-10(21)8-12(13)19)25-18(24)16-15(20)11-4-2-3-5-14(11)26-16/h2-9H,1H3,(H,22,23). The third-order valence-corrected chi connectivity index (χ3v) is 5.53. The molecule has 0 fully saturated rings. The number of esters is 1. The molecule has 1 amide bonds. The summed E-state index contributed by atoms with van der Waals surface area (Å²) in [7, 11) is 0. The number of carbonyl (C=O) groups excluding carboxylic acids is 2. The summed E-state index contributed by atoms with van der Waals surface area (Å²) in [5.41, 5.74) is 0.223. The van der Waals surface area contributed by atoms with Crippen molar-refractivity contribution in [2.45, 2.75) is 13.0 Å². The maximum absolute atomic E-state index is 13.1. The summed E-state index contributed by atoms with van der Waals surface area (Å²) in [5, 5.41) is 3.58. The molecule has 3 rings (SSSR count). The molecule has 134 valence electrons. The van der Waals surface area contributed by atoms with Gasteiger partial charge in [0.05, 0.1) is 15.7 Å². The van der Waals surface area contributed by atoms with E-state index in [0.29, 0.717) is 5.02 Å². The Labute approximate surface area is 162 Å². The minimum atomic E-state index is -1.09. The van der Waals surface area contributed by atoms with Gasteiger partial charge in [-0.2, -0.15) is 0 Å². The van der Waals surface area contributed by atoms with E-state index in [9.17, 15) is 14.0 Å². The molecule has 2 aromatic carbocycles. The topological polar surface area (TPSA) is 55.4 Å². The number of fused-ring (bicyclic) bond motifs is 1. The molecule has 1 N–H and O–H groups in total. The zero-order valence-corrected chi connectivity index (χ0v) is 15.7. The van der Waals surface area contributed by atoms with Crippen LogP contribution in [0.3, 0.4) is 0 Å². The molecule has 0 saturated carbocycles. The van der Waals surface area contributed by atoms with Gasteiger partial charge in [-0.25, -0.2) is 9.18 Å². The zero-order valence-electron chi connectivity index (χ0n) is 13.4. The maximum atomic E-state index is 13.1. The van der Waals surface area contributed by atoms with Crippen LogP contribution in [0.1, 0.15) is 16.6 Å². The minimum absolute atomic E-state index is 0.0458. The van der Waals surface area contributed by atoms with Crippen LogP contribution in [0.4, 0.5) is 10.1 Å². The van der Waals surface area contributed by atoms with E-state index in [4.69, 9.17) is 27.9 Å². The Morgan fingerprint density at radius 3 is 2.62 bits per heavy atom. The third kappa shape index (κ3) is 3.82. The summed E-state index contributed by atoms with van der Waals surface area (Å²) in [4.78, 5) is 24.8. The van der Waals surface area contributed by atoms with Gasteiger partial charge in [-0.3, -0.25) is 4.79 Å². The number of halogens is 3. The fourth-order valence-electron chi connectivity index (χ4n) is 2.24. The molecule has 26 heavy (non-hydrogen) atoms. The van der Waals surface area contributed by atoms with Crippen LogP contribution in [0.25, 0.3) is 10.1 Å². The monoisotopic (exact) mass is 411 g/mol.